The summed E-state index contributed by atoms with van der Waals surface area (Å²) in [5.74, 6) is -1.24. The number of morpholine rings is 1. The van der Waals surface area contributed by atoms with Crippen molar-refractivity contribution in [1.82, 2.24) is 15.1 Å². The first-order chi connectivity index (χ1) is 13.6. The second-order valence-corrected chi connectivity index (χ2v) is 7.83. The third-order valence-corrected chi connectivity index (χ3v) is 5.69. The molecule has 5 nitrogen and oxygen atoms in total. The summed E-state index contributed by atoms with van der Waals surface area (Å²) in [4.78, 5) is 17.1. The van der Waals surface area contributed by atoms with E-state index in [1.54, 1.807) is 0 Å². The molecule has 2 fully saturated rings. The van der Waals surface area contributed by atoms with Gasteiger partial charge in [-0.3, -0.25) is 9.69 Å². The van der Waals surface area contributed by atoms with Gasteiger partial charge in [-0.2, -0.15) is 0 Å². The lowest BCUT2D eigenvalue weighted by Gasteiger charge is -2.35. The largest absolute Gasteiger partial charge is 0.379 e. The van der Waals surface area contributed by atoms with Crippen molar-refractivity contribution in [3.05, 3.63) is 35.4 Å². The zero-order valence-corrected chi connectivity index (χ0v) is 16.5. The van der Waals surface area contributed by atoms with Crippen LogP contribution in [0.1, 0.15) is 31.2 Å². The predicted molar refractivity (Wildman–Crippen MR) is 104 cm³/mol. The molecule has 2 aliphatic heterocycles. The first-order valence-corrected chi connectivity index (χ1v) is 10.3. The number of nitrogens with zero attached hydrogens (tertiary/aromatic N) is 2. The van der Waals surface area contributed by atoms with E-state index in [1.807, 2.05) is 0 Å². The fourth-order valence-corrected chi connectivity index (χ4v) is 3.97. The van der Waals surface area contributed by atoms with Crippen molar-refractivity contribution in [2.75, 3.05) is 52.5 Å². The Balaban J connectivity index is 1.32. The zero-order valence-electron chi connectivity index (χ0n) is 16.5. The number of halogens is 2. The fourth-order valence-electron chi connectivity index (χ4n) is 3.97. The first-order valence-electron chi connectivity index (χ1n) is 10.3. The van der Waals surface area contributed by atoms with Crippen molar-refractivity contribution < 1.29 is 18.3 Å². The molecule has 0 bridgehead atoms. The van der Waals surface area contributed by atoms with Gasteiger partial charge in [-0.05, 0) is 49.4 Å². The number of hydrogen-bond acceptors (Lipinski definition) is 4. The van der Waals surface area contributed by atoms with Crippen molar-refractivity contribution in [2.45, 2.75) is 32.2 Å². The molecule has 2 heterocycles. The summed E-state index contributed by atoms with van der Waals surface area (Å²) in [5, 5.41) is 2.80. The van der Waals surface area contributed by atoms with Crippen molar-refractivity contribution >= 4 is 5.91 Å². The molecule has 2 saturated heterocycles. The maximum atomic E-state index is 13.2. The normalized spacial score (nSPS) is 21.6. The van der Waals surface area contributed by atoms with Gasteiger partial charge in [0, 0.05) is 45.7 Å². The Morgan fingerprint density at radius 2 is 1.89 bits per heavy atom. The van der Waals surface area contributed by atoms with Crippen molar-refractivity contribution in [1.29, 1.82) is 0 Å². The fraction of sp³-hybridized carbons (Fsp3) is 0.667. The highest BCUT2D eigenvalue weighted by Crippen LogP contribution is 2.21. The number of amides is 1. The lowest BCUT2D eigenvalue weighted by Crippen LogP contribution is -2.44. The number of carbonyl (C=O) groups is 1. The van der Waals surface area contributed by atoms with Gasteiger partial charge in [0.05, 0.1) is 13.2 Å². The summed E-state index contributed by atoms with van der Waals surface area (Å²) < 4.78 is 31.5. The van der Waals surface area contributed by atoms with Crippen LogP contribution in [0.5, 0.6) is 0 Å². The van der Waals surface area contributed by atoms with E-state index in [-0.39, 0.29) is 12.5 Å². The van der Waals surface area contributed by atoms with Crippen LogP contribution < -0.4 is 5.32 Å². The van der Waals surface area contributed by atoms with E-state index in [1.165, 1.54) is 18.9 Å². The van der Waals surface area contributed by atoms with Gasteiger partial charge in [-0.15, -0.1) is 0 Å². The first kappa shape index (κ1) is 21.1. The molecule has 1 atom stereocenters. The molecule has 0 aliphatic carbocycles. The van der Waals surface area contributed by atoms with Gasteiger partial charge in [0.2, 0.25) is 5.91 Å². The average molecular weight is 395 g/mol. The Labute approximate surface area is 166 Å². The average Bonchev–Trinajstić information content (AvgIpc) is 2.73. The standard InChI is InChI=1S/C21H31F2N3O2/c22-19-5-3-18(14-20(19)23)15-24-21(27)6-4-17-2-1-7-26(16-17)9-8-25-10-12-28-13-11-25/h3,5,14,17H,1-2,4,6-13,15-16H2,(H,24,27). The van der Waals surface area contributed by atoms with Gasteiger partial charge in [-0.25, -0.2) is 8.78 Å². The second kappa shape index (κ2) is 10.8. The Morgan fingerprint density at radius 1 is 1.11 bits per heavy atom. The molecular formula is C21H31F2N3O2. The van der Waals surface area contributed by atoms with Gasteiger partial charge < -0.3 is 15.0 Å². The highest BCUT2D eigenvalue weighted by Gasteiger charge is 2.21. The molecule has 0 aromatic heterocycles. The number of ether oxygens (including phenoxy) is 1. The Hall–Kier alpha value is -1.57. The Bertz CT molecular complexity index is 638. The van der Waals surface area contributed by atoms with Crippen LogP contribution in [0, 0.1) is 17.6 Å². The summed E-state index contributed by atoms with van der Waals surface area (Å²) in [6.45, 7) is 8.31. The van der Waals surface area contributed by atoms with E-state index < -0.39 is 11.6 Å². The number of nitrogens with one attached hydrogen (secondary N) is 1. The number of likely N-dealkylation sites (tertiary alicyclic amines) is 1. The van der Waals surface area contributed by atoms with Crippen LogP contribution in [0.4, 0.5) is 8.78 Å². The summed E-state index contributed by atoms with van der Waals surface area (Å²) in [7, 11) is 0. The summed E-state index contributed by atoms with van der Waals surface area (Å²) >= 11 is 0. The molecule has 0 spiro atoms. The van der Waals surface area contributed by atoms with Gasteiger partial charge in [-0.1, -0.05) is 6.07 Å². The molecule has 3 rings (SSSR count). The number of hydrogen-bond donors (Lipinski definition) is 1. The third kappa shape index (κ3) is 6.79. The second-order valence-electron chi connectivity index (χ2n) is 7.83. The van der Waals surface area contributed by atoms with E-state index >= 15 is 0 Å². The van der Waals surface area contributed by atoms with Gasteiger partial charge in [0.25, 0.3) is 0 Å². The van der Waals surface area contributed by atoms with E-state index in [4.69, 9.17) is 4.74 Å². The van der Waals surface area contributed by atoms with Crippen LogP contribution >= 0.6 is 0 Å². The third-order valence-electron chi connectivity index (χ3n) is 5.69. The molecule has 0 radical (unpaired) electrons. The Kier molecular flexibility index (Phi) is 8.18. The summed E-state index contributed by atoms with van der Waals surface area (Å²) in [6.07, 6.45) is 3.71. The van der Waals surface area contributed by atoms with Crippen molar-refractivity contribution in [3.8, 4) is 0 Å². The topological polar surface area (TPSA) is 44.8 Å². The molecule has 28 heavy (non-hydrogen) atoms. The lowest BCUT2D eigenvalue weighted by molar-refractivity contribution is -0.121. The van der Waals surface area contributed by atoms with Gasteiger partial charge >= 0.3 is 0 Å². The van der Waals surface area contributed by atoms with Crippen LogP contribution in [0.15, 0.2) is 18.2 Å². The maximum Gasteiger partial charge on any atom is 0.220 e. The number of rotatable bonds is 8. The minimum absolute atomic E-state index is 0.0322. The summed E-state index contributed by atoms with van der Waals surface area (Å²) in [5.41, 5.74) is 0.569. The van der Waals surface area contributed by atoms with Gasteiger partial charge in [0.15, 0.2) is 11.6 Å². The quantitative estimate of drug-likeness (QED) is 0.734. The van der Waals surface area contributed by atoms with Crippen LogP contribution in [0.25, 0.3) is 0 Å². The lowest BCUT2D eigenvalue weighted by atomic mass is 9.93. The molecule has 2 aliphatic rings. The van der Waals surface area contributed by atoms with Crippen molar-refractivity contribution in [2.24, 2.45) is 5.92 Å². The summed E-state index contributed by atoms with van der Waals surface area (Å²) in [6, 6.07) is 3.71. The highest BCUT2D eigenvalue weighted by molar-refractivity contribution is 5.75. The maximum absolute atomic E-state index is 13.2. The van der Waals surface area contributed by atoms with E-state index in [9.17, 15) is 13.6 Å². The Morgan fingerprint density at radius 3 is 2.68 bits per heavy atom. The molecule has 1 unspecified atom stereocenters. The highest BCUT2D eigenvalue weighted by atomic mass is 19.2. The molecule has 1 N–H and O–H groups in total. The number of piperidine rings is 1. The molecule has 1 amide bonds. The molecule has 7 heteroatoms. The predicted octanol–water partition coefficient (Wildman–Crippen LogP) is 2.41. The van der Waals surface area contributed by atoms with Crippen LogP contribution in [-0.2, 0) is 16.1 Å². The number of benzene rings is 1. The number of carbonyl (C=O) groups excluding carboxylic acids is 1. The molecule has 1 aromatic carbocycles. The van der Waals surface area contributed by atoms with Gasteiger partial charge in [0.1, 0.15) is 0 Å². The molecule has 1 aromatic rings. The minimum atomic E-state index is -0.883. The van der Waals surface area contributed by atoms with Crippen molar-refractivity contribution in [3.63, 3.8) is 0 Å². The molecule has 0 saturated carbocycles. The van der Waals surface area contributed by atoms with E-state index in [2.05, 4.69) is 15.1 Å². The van der Waals surface area contributed by atoms with E-state index in [0.717, 1.165) is 71.0 Å². The van der Waals surface area contributed by atoms with E-state index in [0.29, 0.717) is 17.9 Å². The van der Waals surface area contributed by atoms with Crippen LogP contribution in [-0.4, -0.2) is 68.2 Å². The molecular weight excluding hydrogens is 364 g/mol. The van der Waals surface area contributed by atoms with Crippen LogP contribution in [0.2, 0.25) is 0 Å². The monoisotopic (exact) mass is 395 g/mol. The SMILES string of the molecule is O=C(CCC1CCCN(CCN2CCOCC2)C1)NCc1ccc(F)c(F)c1. The minimum Gasteiger partial charge on any atom is -0.379 e. The van der Waals surface area contributed by atoms with Crippen LogP contribution in [0.3, 0.4) is 0 Å². The smallest absolute Gasteiger partial charge is 0.220 e. The zero-order chi connectivity index (χ0) is 19.8. The molecule has 156 valence electrons.